The summed E-state index contributed by atoms with van der Waals surface area (Å²) in [6, 6.07) is -0.850. The molecule has 1 heterocycles. The van der Waals surface area contributed by atoms with Crippen LogP contribution in [0.25, 0.3) is 0 Å². The number of rotatable bonds is 5. The van der Waals surface area contributed by atoms with Crippen LogP contribution in [0.1, 0.15) is 35.5 Å². The van der Waals surface area contributed by atoms with Crippen LogP contribution in [0, 0.1) is 12.8 Å². The Balaban J connectivity index is 2.85. The molecule has 0 saturated carbocycles. The lowest BCUT2D eigenvalue weighted by atomic mass is 9.99. The second-order valence-corrected chi connectivity index (χ2v) is 5.91. The Bertz CT molecular complexity index is 458. The van der Waals surface area contributed by atoms with Gasteiger partial charge in [-0.1, -0.05) is 20.3 Å². The van der Waals surface area contributed by atoms with E-state index in [0.717, 1.165) is 10.0 Å². The Kier molecular flexibility index (Phi) is 5.34. The van der Waals surface area contributed by atoms with Crippen molar-refractivity contribution < 1.29 is 14.7 Å². The fourth-order valence-electron chi connectivity index (χ4n) is 1.47. The number of carbonyl (C=O) groups excluding carboxylic acids is 1. The van der Waals surface area contributed by atoms with E-state index in [1.165, 1.54) is 11.3 Å². The maximum atomic E-state index is 12.0. The summed E-state index contributed by atoms with van der Waals surface area (Å²) in [5.74, 6) is -1.44. The molecule has 6 heteroatoms. The predicted molar refractivity (Wildman–Crippen MR) is 75.1 cm³/mol. The molecule has 100 valence electrons. The van der Waals surface area contributed by atoms with Gasteiger partial charge in [-0.3, -0.25) is 4.79 Å². The van der Waals surface area contributed by atoms with E-state index in [2.05, 4.69) is 21.2 Å². The Labute approximate surface area is 119 Å². The van der Waals surface area contributed by atoms with Gasteiger partial charge in [-0.25, -0.2) is 4.79 Å². The zero-order chi connectivity index (χ0) is 13.9. The van der Waals surface area contributed by atoms with Crippen LogP contribution in [0.15, 0.2) is 9.85 Å². The number of aliphatic carboxylic acids is 1. The SMILES string of the molecule is CC[C@H](C)[C@H](NC(=O)c1scc(C)c1Br)C(=O)O. The van der Waals surface area contributed by atoms with E-state index in [1.807, 2.05) is 26.2 Å². The van der Waals surface area contributed by atoms with Crippen LogP contribution in [-0.4, -0.2) is 23.0 Å². The number of aryl methyl sites for hydroxylation is 1. The van der Waals surface area contributed by atoms with Gasteiger partial charge < -0.3 is 10.4 Å². The number of amides is 1. The number of hydrogen-bond donors (Lipinski definition) is 2. The highest BCUT2D eigenvalue weighted by molar-refractivity contribution is 9.10. The maximum absolute atomic E-state index is 12.0. The molecule has 18 heavy (non-hydrogen) atoms. The molecule has 2 atom stereocenters. The summed E-state index contributed by atoms with van der Waals surface area (Å²) in [6.07, 6.45) is 0.696. The third-order valence-electron chi connectivity index (χ3n) is 2.87. The van der Waals surface area contributed by atoms with Gasteiger partial charge in [0.05, 0.1) is 0 Å². The minimum absolute atomic E-state index is 0.105. The normalized spacial score (nSPS) is 14.0. The van der Waals surface area contributed by atoms with E-state index in [1.54, 1.807) is 0 Å². The summed E-state index contributed by atoms with van der Waals surface area (Å²) >= 11 is 4.64. The minimum atomic E-state index is -0.998. The first-order valence-electron chi connectivity index (χ1n) is 5.65. The molecular weight excluding hydrogens is 318 g/mol. The third kappa shape index (κ3) is 3.32. The van der Waals surface area contributed by atoms with Crippen LogP contribution >= 0.6 is 27.3 Å². The molecule has 0 saturated heterocycles. The van der Waals surface area contributed by atoms with E-state index in [4.69, 9.17) is 5.11 Å². The Morgan fingerprint density at radius 2 is 2.17 bits per heavy atom. The fraction of sp³-hybridized carbons (Fsp3) is 0.500. The number of carboxylic acid groups (broad SMARTS) is 1. The summed E-state index contributed by atoms with van der Waals surface area (Å²) < 4.78 is 0.735. The molecule has 0 aliphatic rings. The van der Waals surface area contributed by atoms with E-state index >= 15 is 0 Å². The van der Waals surface area contributed by atoms with Crippen molar-refractivity contribution in [2.24, 2.45) is 5.92 Å². The molecule has 0 spiro atoms. The Morgan fingerprint density at radius 1 is 1.56 bits per heavy atom. The number of nitrogens with one attached hydrogen (secondary N) is 1. The maximum Gasteiger partial charge on any atom is 0.326 e. The highest BCUT2D eigenvalue weighted by atomic mass is 79.9. The molecule has 1 rings (SSSR count). The van der Waals surface area contributed by atoms with Gasteiger partial charge in [0.15, 0.2) is 0 Å². The van der Waals surface area contributed by atoms with Gasteiger partial charge in [-0.05, 0) is 39.7 Å². The summed E-state index contributed by atoms with van der Waals surface area (Å²) in [4.78, 5) is 23.7. The number of halogens is 1. The van der Waals surface area contributed by atoms with Crippen LogP contribution in [-0.2, 0) is 4.79 Å². The monoisotopic (exact) mass is 333 g/mol. The van der Waals surface area contributed by atoms with Crippen LogP contribution in [0.5, 0.6) is 0 Å². The van der Waals surface area contributed by atoms with E-state index < -0.39 is 12.0 Å². The topological polar surface area (TPSA) is 66.4 Å². The first-order valence-corrected chi connectivity index (χ1v) is 7.33. The molecular formula is C12H16BrNO3S. The van der Waals surface area contributed by atoms with E-state index in [9.17, 15) is 9.59 Å². The van der Waals surface area contributed by atoms with Crippen LogP contribution < -0.4 is 5.32 Å². The quantitative estimate of drug-likeness (QED) is 0.870. The first-order chi connectivity index (χ1) is 8.38. The van der Waals surface area contributed by atoms with Crippen LogP contribution in [0.3, 0.4) is 0 Å². The van der Waals surface area contributed by atoms with Crippen molar-refractivity contribution in [3.05, 3.63) is 20.3 Å². The summed E-state index contributed by atoms with van der Waals surface area (Å²) in [5, 5.41) is 13.6. The van der Waals surface area contributed by atoms with Gasteiger partial charge in [0, 0.05) is 4.47 Å². The van der Waals surface area contributed by atoms with E-state index in [0.29, 0.717) is 11.3 Å². The number of hydrogen-bond acceptors (Lipinski definition) is 3. The van der Waals surface area contributed by atoms with E-state index in [-0.39, 0.29) is 11.8 Å². The lowest BCUT2D eigenvalue weighted by Gasteiger charge is -2.19. The largest absolute Gasteiger partial charge is 0.480 e. The molecule has 0 aliphatic heterocycles. The number of carbonyl (C=O) groups is 2. The molecule has 4 nitrogen and oxygen atoms in total. The van der Waals surface area contributed by atoms with Crippen molar-refractivity contribution in [1.82, 2.24) is 5.32 Å². The molecule has 0 bridgehead atoms. The van der Waals surface area contributed by atoms with Gasteiger partial charge in [0.25, 0.3) is 5.91 Å². The third-order valence-corrected chi connectivity index (χ3v) is 5.25. The van der Waals surface area contributed by atoms with Crippen molar-refractivity contribution in [2.75, 3.05) is 0 Å². The highest BCUT2D eigenvalue weighted by Gasteiger charge is 2.27. The Morgan fingerprint density at radius 3 is 2.56 bits per heavy atom. The zero-order valence-corrected chi connectivity index (χ0v) is 12.9. The minimum Gasteiger partial charge on any atom is -0.480 e. The van der Waals surface area contributed by atoms with Crippen molar-refractivity contribution in [3.63, 3.8) is 0 Å². The molecule has 0 aliphatic carbocycles. The molecule has 0 aromatic carbocycles. The van der Waals surface area contributed by atoms with Crippen LogP contribution in [0.4, 0.5) is 0 Å². The standard InChI is InChI=1S/C12H16BrNO3S/c1-4-6(2)9(12(16)17)14-11(15)10-8(13)7(3)5-18-10/h5-6,9H,4H2,1-3H3,(H,14,15)(H,16,17)/t6-,9-/m0/s1. The lowest BCUT2D eigenvalue weighted by Crippen LogP contribution is -2.44. The zero-order valence-electron chi connectivity index (χ0n) is 10.5. The average Bonchev–Trinajstić information content (AvgIpc) is 2.65. The molecule has 0 unspecified atom stereocenters. The molecule has 0 fully saturated rings. The predicted octanol–water partition coefficient (Wildman–Crippen LogP) is 3.05. The summed E-state index contributed by atoms with van der Waals surface area (Å²) in [6.45, 7) is 5.60. The van der Waals surface area contributed by atoms with Gasteiger partial charge >= 0.3 is 5.97 Å². The highest BCUT2D eigenvalue weighted by Crippen LogP contribution is 2.27. The van der Waals surface area contributed by atoms with Gasteiger partial charge in [-0.15, -0.1) is 11.3 Å². The second-order valence-electron chi connectivity index (χ2n) is 4.24. The molecule has 2 N–H and O–H groups in total. The Hall–Kier alpha value is -0.880. The van der Waals surface area contributed by atoms with Crippen molar-refractivity contribution in [2.45, 2.75) is 33.2 Å². The van der Waals surface area contributed by atoms with Crippen molar-refractivity contribution in [1.29, 1.82) is 0 Å². The average molecular weight is 334 g/mol. The lowest BCUT2D eigenvalue weighted by molar-refractivity contribution is -0.140. The summed E-state index contributed by atoms with van der Waals surface area (Å²) in [7, 11) is 0. The molecule has 1 aromatic rings. The fourth-order valence-corrected chi connectivity index (χ4v) is 3.04. The molecule has 1 aromatic heterocycles. The van der Waals surface area contributed by atoms with Crippen molar-refractivity contribution in [3.8, 4) is 0 Å². The first kappa shape index (κ1) is 15.2. The van der Waals surface area contributed by atoms with Crippen LogP contribution in [0.2, 0.25) is 0 Å². The van der Waals surface area contributed by atoms with Crippen molar-refractivity contribution >= 4 is 39.1 Å². The molecule has 0 radical (unpaired) electrons. The number of thiophene rings is 1. The smallest absolute Gasteiger partial charge is 0.326 e. The van der Waals surface area contributed by atoms with Gasteiger partial charge in [0.1, 0.15) is 10.9 Å². The van der Waals surface area contributed by atoms with Gasteiger partial charge in [0.2, 0.25) is 0 Å². The number of carboxylic acids is 1. The van der Waals surface area contributed by atoms with Gasteiger partial charge in [-0.2, -0.15) is 0 Å². The molecule has 1 amide bonds. The summed E-state index contributed by atoms with van der Waals surface area (Å²) in [5.41, 5.74) is 0.973. The second kappa shape index (κ2) is 6.33.